The molecule has 0 atom stereocenters. The molecule has 2 rings (SSSR count). The van der Waals surface area contributed by atoms with Gasteiger partial charge in [0.1, 0.15) is 22.9 Å². The average molecular weight is 267 g/mol. The van der Waals surface area contributed by atoms with Gasteiger partial charge < -0.3 is 9.84 Å². The Labute approximate surface area is 107 Å². The summed E-state index contributed by atoms with van der Waals surface area (Å²) in [6.07, 6.45) is 0. The monoisotopic (exact) mass is 266 g/mol. The Morgan fingerprint density at radius 2 is 1.94 bits per heavy atom. The van der Waals surface area contributed by atoms with E-state index in [1.54, 1.807) is 12.1 Å². The first-order valence-electron chi connectivity index (χ1n) is 5.03. The van der Waals surface area contributed by atoms with Crippen LogP contribution in [0.1, 0.15) is 10.4 Å². The summed E-state index contributed by atoms with van der Waals surface area (Å²) >= 11 is 5.54. The third kappa shape index (κ3) is 2.60. The summed E-state index contributed by atoms with van der Waals surface area (Å²) < 4.78 is 18.5. The minimum absolute atomic E-state index is 0.00728. The summed E-state index contributed by atoms with van der Waals surface area (Å²) in [7, 11) is 0. The van der Waals surface area contributed by atoms with Gasteiger partial charge in [-0.2, -0.15) is 0 Å². The highest BCUT2D eigenvalue weighted by molar-refractivity contribution is 6.30. The van der Waals surface area contributed by atoms with Crippen molar-refractivity contribution in [2.45, 2.75) is 0 Å². The Hall–Kier alpha value is -2.07. The highest BCUT2D eigenvalue weighted by Gasteiger charge is 2.11. The number of halogens is 2. The Balaban J connectivity index is 2.34. The van der Waals surface area contributed by atoms with Crippen LogP contribution in [0.5, 0.6) is 11.5 Å². The molecule has 0 saturated carbocycles. The molecule has 18 heavy (non-hydrogen) atoms. The van der Waals surface area contributed by atoms with Gasteiger partial charge in [-0.25, -0.2) is 9.18 Å². The summed E-state index contributed by atoms with van der Waals surface area (Å²) in [5.74, 6) is -1.40. The summed E-state index contributed by atoms with van der Waals surface area (Å²) in [5.41, 5.74) is 0.00728. The molecule has 1 N–H and O–H groups in total. The predicted octanol–water partition coefficient (Wildman–Crippen LogP) is 3.97. The number of ether oxygens (including phenoxy) is 1. The first kappa shape index (κ1) is 12.4. The minimum atomic E-state index is -1.11. The van der Waals surface area contributed by atoms with Crippen LogP contribution in [-0.2, 0) is 0 Å². The third-order valence-corrected chi connectivity index (χ3v) is 2.54. The fraction of sp³-hybridized carbons (Fsp3) is 0. The molecule has 2 aromatic rings. The SMILES string of the molecule is O=C(O)c1ccccc1Oc1ccc(Cl)c(F)c1. The Bertz CT molecular complexity index is 599. The van der Waals surface area contributed by atoms with Crippen molar-refractivity contribution in [3.63, 3.8) is 0 Å². The van der Waals surface area contributed by atoms with Gasteiger partial charge in [0.15, 0.2) is 0 Å². The van der Waals surface area contributed by atoms with Gasteiger partial charge in [0.2, 0.25) is 0 Å². The number of benzene rings is 2. The molecule has 92 valence electrons. The van der Waals surface area contributed by atoms with Crippen LogP contribution in [-0.4, -0.2) is 11.1 Å². The van der Waals surface area contributed by atoms with E-state index in [0.717, 1.165) is 6.07 Å². The van der Waals surface area contributed by atoms with Gasteiger partial charge in [0.25, 0.3) is 0 Å². The van der Waals surface area contributed by atoms with Crippen LogP contribution >= 0.6 is 11.6 Å². The van der Waals surface area contributed by atoms with E-state index in [9.17, 15) is 9.18 Å². The smallest absolute Gasteiger partial charge is 0.339 e. The molecule has 0 aliphatic rings. The van der Waals surface area contributed by atoms with E-state index < -0.39 is 11.8 Å². The lowest BCUT2D eigenvalue weighted by atomic mass is 10.2. The number of aromatic carboxylic acids is 1. The minimum Gasteiger partial charge on any atom is -0.478 e. The van der Waals surface area contributed by atoms with E-state index in [2.05, 4.69) is 0 Å². The second-order valence-corrected chi connectivity index (χ2v) is 3.89. The second kappa shape index (κ2) is 5.06. The average Bonchev–Trinajstić information content (AvgIpc) is 2.34. The van der Waals surface area contributed by atoms with E-state index in [4.69, 9.17) is 21.4 Å². The lowest BCUT2D eigenvalue weighted by Crippen LogP contribution is -1.99. The van der Waals surface area contributed by atoms with Gasteiger partial charge in [-0.1, -0.05) is 23.7 Å². The van der Waals surface area contributed by atoms with Gasteiger partial charge in [0, 0.05) is 6.07 Å². The molecule has 0 aliphatic carbocycles. The molecule has 0 aliphatic heterocycles. The van der Waals surface area contributed by atoms with Gasteiger partial charge in [-0.05, 0) is 24.3 Å². The molecule has 5 heteroatoms. The van der Waals surface area contributed by atoms with Crippen molar-refractivity contribution < 1.29 is 19.0 Å². The summed E-state index contributed by atoms with van der Waals surface area (Å²) in [5, 5.41) is 8.95. The van der Waals surface area contributed by atoms with Crippen molar-refractivity contribution in [3.8, 4) is 11.5 Å². The largest absolute Gasteiger partial charge is 0.478 e. The first-order valence-corrected chi connectivity index (χ1v) is 5.41. The topological polar surface area (TPSA) is 46.5 Å². The molecule has 0 unspecified atom stereocenters. The third-order valence-electron chi connectivity index (χ3n) is 2.24. The zero-order valence-electron chi connectivity index (χ0n) is 9.06. The molecule has 0 saturated heterocycles. The number of carboxylic acids is 1. The van der Waals surface area contributed by atoms with Crippen LogP contribution in [0, 0.1) is 5.82 Å². The van der Waals surface area contributed by atoms with Crippen molar-refractivity contribution in [1.82, 2.24) is 0 Å². The molecule has 0 bridgehead atoms. The van der Waals surface area contributed by atoms with Crippen molar-refractivity contribution in [1.29, 1.82) is 0 Å². The molecule has 0 fully saturated rings. The highest BCUT2D eigenvalue weighted by Crippen LogP contribution is 2.27. The number of rotatable bonds is 3. The van der Waals surface area contributed by atoms with Crippen LogP contribution in [0.25, 0.3) is 0 Å². The number of hydrogen-bond donors (Lipinski definition) is 1. The van der Waals surface area contributed by atoms with E-state index in [1.165, 1.54) is 24.3 Å². The molecular weight excluding hydrogens is 259 g/mol. The molecule has 3 nitrogen and oxygen atoms in total. The summed E-state index contributed by atoms with van der Waals surface area (Å²) in [4.78, 5) is 11.0. The van der Waals surface area contributed by atoms with E-state index in [-0.39, 0.29) is 22.1 Å². The number of carboxylic acid groups (broad SMARTS) is 1. The fourth-order valence-electron chi connectivity index (χ4n) is 1.40. The van der Waals surface area contributed by atoms with Gasteiger partial charge >= 0.3 is 5.97 Å². The summed E-state index contributed by atoms with van der Waals surface area (Å²) in [6.45, 7) is 0. The lowest BCUT2D eigenvalue weighted by Gasteiger charge is -2.08. The standard InChI is InChI=1S/C13H8ClFO3/c14-10-6-5-8(7-11(10)15)18-12-4-2-1-3-9(12)13(16)17/h1-7H,(H,16,17). The summed E-state index contributed by atoms with van der Waals surface area (Å²) in [6, 6.07) is 10.0. The van der Waals surface area contributed by atoms with E-state index >= 15 is 0 Å². The number of carbonyl (C=O) groups is 1. The van der Waals surface area contributed by atoms with Crippen LogP contribution in [0.3, 0.4) is 0 Å². The highest BCUT2D eigenvalue weighted by atomic mass is 35.5. The maximum absolute atomic E-state index is 13.2. The Kier molecular flexibility index (Phi) is 3.48. The van der Waals surface area contributed by atoms with Crippen LogP contribution < -0.4 is 4.74 Å². The normalized spacial score (nSPS) is 10.1. The van der Waals surface area contributed by atoms with Crippen LogP contribution in [0.15, 0.2) is 42.5 Å². The second-order valence-electron chi connectivity index (χ2n) is 3.48. The molecule has 0 spiro atoms. The van der Waals surface area contributed by atoms with E-state index in [0.29, 0.717) is 0 Å². The first-order chi connectivity index (χ1) is 8.58. The molecule has 0 amide bonds. The van der Waals surface area contributed by atoms with Crippen molar-refractivity contribution in [3.05, 3.63) is 58.9 Å². The Morgan fingerprint density at radius 3 is 2.61 bits per heavy atom. The van der Waals surface area contributed by atoms with Gasteiger partial charge in [-0.15, -0.1) is 0 Å². The quantitative estimate of drug-likeness (QED) is 0.914. The molecule has 2 aromatic carbocycles. The van der Waals surface area contributed by atoms with Gasteiger partial charge in [-0.3, -0.25) is 0 Å². The molecule has 0 heterocycles. The van der Waals surface area contributed by atoms with Crippen molar-refractivity contribution in [2.24, 2.45) is 0 Å². The van der Waals surface area contributed by atoms with Crippen molar-refractivity contribution in [2.75, 3.05) is 0 Å². The number of para-hydroxylation sites is 1. The molecular formula is C13H8ClFO3. The molecule has 0 aromatic heterocycles. The molecule has 0 radical (unpaired) electrons. The number of hydrogen-bond acceptors (Lipinski definition) is 2. The Morgan fingerprint density at radius 1 is 1.22 bits per heavy atom. The maximum atomic E-state index is 13.2. The van der Waals surface area contributed by atoms with Crippen LogP contribution in [0.2, 0.25) is 5.02 Å². The zero-order chi connectivity index (χ0) is 13.1. The maximum Gasteiger partial charge on any atom is 0.339 e. The van der Waals surface area contributed by atoms with Crippen molar-refractivity contribution >= 4 is 17.6 Å². The zero-order valence-corrected chi connectivity index (χ0v) is 9.82. The van der Waals surface area contributed by atoms with Gasteiger partial charge in [0.05, 0.1) is 5.02 Å². The van der Waals surface area contributed by atoms with E-state index in [1.807, 2.05) is 0 Å². The predicted molar refractivity (Wildman–Crippen MR) is 64.9 cm³/mol. The lowest BCUT2D eigenvalue weighted by molar-refractivity contribution is 0.0694. The van der Waals surface area contributed by atoms with Crippen LogP contribution in [0.4, 0.5) is 4.39 Å². The fourth-order valence-corrected chi connectivity index (χ4v) is 1.52.